The van der Waals surface area contributed by atoms with E-state index in [1.165, 1.54) is 197 Å². The number of aryl methyl sites for hydroxylation is 27. The summed E-state index contributed by atoms with van der Waals surface area (Å²) in [5.74, 6) is -6.03. The average molecular weight is 2040 g/mol. The fraction of sp³-hybridized carbons (Fsp3) is 0.250. The Kier molecular flexibility index (Phi) is 60.6. The van der Waals surface area contributed by atoms with E-state index in [4.69, 9.17) is 23.2 Å². The van der Waals surface area contributed by atoms with Crippen molar-refractivity contribution in [3.8, 4) is 0 Å². The van der Waals surface area contributed by atoms with Gasteiger partial charge in [-0.05, 0) is 413 Å². The molecule has 0 amide bonds. The first kappa shape index (κ1) is 130. The zero-order chi connectivity index (χ0) is 111. The Balaban J connectivity index is 0.000000774. The molecule has 145 heavy (non-hydrogen) atoms. The van der Waals surface area contributed by atoms with Crippen LogP contribution in [-0.4, -0.2) is 0 Å². The molecule has 0 spiro atoms. The van der Waals surface area contributed by atoms with E-state index in [9.17, 15) is 65.9 Å². The maximum atomic E-state index is 12.6. The van der Waals surface area contributed by atoms with Crippen LogP contribution < -0.4 is 0 Å². The topological polar surface area (TPSA) is 0 Å². The minimum Gasteiger partial charge on any atom is -0.207 e. The third-order valence-corrected chi connectivity index (χ3v) is 22.0. The molecule has 0 atom stereocenters. The van der Waals surface area contributed by atoms with Gasteiger partial charge in [0.1, 0.15) is 92.3 Å². The summed E-state index contributed by atoms with van der Waals surface area (Å²) in [7, 11) is 0. The summed E-state index contributed by atoms with van der Waals surface area (Å²) in [6.07, 6.45) is 0. The Hall–Kier alpha value is -13.0. The number of halogens is 17. The van der Waals surface area contributed by atoms with E-state index in [2.05, 4.69) is 230 Å². The van der Waals surface area contributed by atoms with Crippen molar-refractivity contribution >= 4 is 23.2 Å². The molecule has 0 fully saturated rings. The Morgan fingerprint density at radius 3 is 0.372 bits per heavy atom. The van der Waals surface area contributed by atoms with Gasteiger partial charge in [-0.2, -0.15) is 0 Å². The summed E-state index contributed by atoms with van der Waals surface area (Å²) in [6, 6.07) is 85.4. The van der Waals surface area contributed by atoms with Crippen LogP contribution >= 0.6 is 23.2 Å². The van der Waals surface area contributed by atoms with E-state index in [1.807, 2.05) is 58.9 Å². The molecule has 774 valence electrons. The first-order valence-electron chi connectivity index (χ1n) is 46.9. The van der Waals surface area contributed by atoms with Crippen LogP contribution in [0.2, 0.25) is 10.0 Å². The van der Waals surface area contributed by atoms with Crippen molar-refractivity contribution < 1.29 is 65.9 Å². The largest absolute Gasteiger partial charge is 0.207 e. The Morgan fingerprint density at radius 1 is 0.110 bits per heavy atom. The highest BCUT2D eigenvalue weighted by Gasteiger charge is 2.10. The lowest BCUT2D eigenvalue weighted by molar-refractivity contribution is 0.565. The zero-order valence-corrected chi connectivity index (χ0v) is 91.6. The van der Waals surface area contributed by atoms with Crippen molar-refractivity contribution in [3.05, 3.63) is 560 Å². The lowest BCUT2D eigenvalue weighted by atomic mass is 10.0. The van der Waals surface area contributed by atoms with Crippen molar-refractivity contribution in [2.45, 2.75) is 222 Å². The first-order valence-corrected chi connectivity index (χ1v) is 47.7. The SMILES string of the molecule is Cc1cc(C)c(C)c(C)c1.Cc1cc(F)c(C)c(F)c1.Cc1cc(F)c(C)c(F)c1.Cc1cc(F)c(C)c(F)c1.Cc1cc(F)c(C)c(F)c1.Cc1cc(F)c(Cl)c(F)c1.Cc1ccc(C)c(F)c1.Cc1ccc(C)c(F)c1.Cc1ccc(C)c(F)c1.Cc1ccc(C)c(F)c1.Cc1ccc(C)cc1.Cc1ccc(C)cc1.Cc1ccc(C)cc1.Cc1ccc(C)cc1.Cc1ccc(C)cc1.Cc1ccc(Cl)c(F)c1. The molecule has 0 N–H and O–H groups in total. The van der Waals surface area contributed by atoms with Crippen molar-refractivity contribution in [1.29, 1.82) is 0 Å². The standard InChI is InChI=1S/C10H14.4C8H8F2.4C8H9F.5C8H10.C7H5ClF2.C7H6ClF/c1-7-5-8(2)10(4)9(3)6-7;4*1-5-3-7(9)6(2)8(10)4-5;4*1-6-3-4-7(2)8(9)5-6;5*1-7-3-5-8(2)6-4-7;1-4-2-5(9)7(8)6(10)3-4;1-5-2-3-6(8)7(9)4-5/h5-6H,1-4H3;4*3-4H,1-2H3;4*3-5H,1-2H3;5*3-6H,1-2H3;2-3H,1H3;2-4H,1H3. The zero-order valence-electron chi connectivity index (χ0n) is 90.1. The number of benzene rings is 16. The second-order valence-corrected chi connectivity index (χ2v) is 37.0. The number of rotatable bonds is 0. The minimum absolute atomic E-state index is 0.0885. The van der Waals surface area contributed by atoms with E-state index < -0.39 is 63.2 Å². The highest BCUT2D eigenvalue weighted by molar-refractivity contribution is 6.31. The van der Waals surface area contributed by atoms with Crippen molar-refractivity contribution in [2.75, 3.05) is 0 Å². The molecule has 0 nitrogen and oxygen atoms in total. The Labute approximate surface area is 865 Å². The summed E-state index contributed by atoms with van der Waals surface area (Å²) in [5.41, 5.74) is 29.8. The van der Waals surface area contributed by atoms with Gasteiger partial charge in [0.25, 0.3) is 0 Å². The first-order chi connectivity index (χ1) is 67.6. The summed E-state index contributed by atoms with van der Waals surface area (Å²) in [4.78, 5) is 0. The highest BCUT2D eigenvalue weighted by atomic mass is 35.5. The lowest BCUT2D eigenvalue weighted by Crippen LogP contribution is -1.89. The summed E-state index contributed by atoms with van der Waals surface area (Å²) >= 11 is 10.6. The molecule has 0 saturated carbocycles. The van der Waals surface area contributed by atoms with Gasteiger partial charge in [-0.15, -0.1) is 0 Å². The second-order valence-electron chi connectivity index (χ2n) is 36.2. The van der Waals surface area contributed by atoms with E-state index in [0.717, 1.165) is 27.8 Å². The van der Waals surface area contributed by atoms with Gasteiger partial charge in [0, 0.05) is 22.3 Å². The monoisotopic (exact) mass is 2040 g/mol. The third kappa shape index (κ3) is 55.6. The molecule has 16 aromatic carbocycles. The van der Waals surface area contributed by atoms with Gasteiger partial charge in [-0.25, -0.2) is 65.9 Å². The maximum Gasteiger partial charge on any atom is 0.145 e. The van der Waals surface area contributed by atoms with Crippen LogP contribution in [-0.2, 0) is 0 Å². The predicted molar refractivity (Wildman–Crippen MR) is 584 cm³/mol. The molecule has 16 rings (SSSR count). The van der Waals surface area contributed by atoms with Gasteiger partial charge >= 0.3 is 0 Å². The van der Waals surface area contributed by atoms with E-state index in [-0.39, 0.29) is 56.4 Å². The fourth-order valence-corrected chi connectivity index (χ4v) is 11.8. The second kappa shape index (κ2) is 67.6. The van der Waals surface area contributed by atoms with Gasteiger partial charge in [0.05, 0.1) is 5.02 Å². The molecule has 0 radical (unpaired) electrons. The Bertz CT molecular complexity index is 5390. The third-order valence-electron chi connectivity index (χ3n) is 21.4. The lowest BCUT2D eigenvalue weighted by Gasteiger charge is -2.04. The van der Waals surface area contributed by atoms with Gasteiger partial charge in [-0.3, -0.25) is 0 Å². The molecular formula is C128H143Cl2F15. The molecule has 0 unspecified atom stereocenters. The molecule has 0 aliphatic carbocycles. The van der Waals surface area contributed by atoms with Crippen LogP contribution in [0.4, 0.5) is 65.9 Å². The molecule has 17 heteroatoms. The predicted octanol–water partition coefficient (Wildman–Crippen LogP) is 40.2. The summed E-state index contributed by atoms with van der Waals surface area (Å²) in [6.45, 7) is 59.9. The summed E-state index contributed by atoms with van der Waals surface area (Å²) in [5, 5.41) is -0.258. The van der Waals surface area contributed by atoms with Crippen molar-refractivity contribution in [1.82, 2.24) is 0 Å². The van der Waals surface area contributed by atoms with Crippen LogP contribution in [0.3, 0.4) is 0 Å². The molecule has 0 aliphatic heterocycles. The van der Waals surface area contributed by atoms with Crippen molar-refractivity contribution in [2.24, 2.45) is 0 Å². The van der Waals surface area contributed by atoms with E-state index in [1.54, 1.807) is 98.7 Å². The molecule has 16 aromatic rings. The summed E-state index contributed by atoms with van der Waals surface area (Å²) < 4.78 is 189. The van der Waals surface area contributed by atoms with Crippen LogP contribution in [0.15, 0.2) is 285 Å². The van der Waals surface area contributed by atoms with Gasteiger partial charge in [0.2, 0.25) is 0 Å². The normalized spacial score (nSPS) is 9.69. The molecular weight excluding hydrogens is 1890 g/mol. The number of hydrogen-bond donors (Lipinski definition) is 0. The van der Waals surface area contributed by atoms with Crippen LogP contribution in [0, 0.1) is 309 Å². The van der Waals surface area contributed by atoms with Crippen LogP contribution in [0.25, 0.3) is 0 Å². The highest BCUT2D eigenvalue weighted by Crippen LogP contribution is 2.23. The fourth-order valence-electron chi connectivity index (χ4n) is 11.6. The van der Waals surface area contributed by atoms with Crippen LogP contribution in [0.5, 0.6) is 0 Å². The Morgan fingerprint density at radius 2 is 0.234 bits per heavy atom. The van der Waals surface area contributed by atoms with Crippen molar-refractivity contribution in [3.63, 3.8) is 0 Å². The van der Waals surface area contributed by atoms with Crippen LogP contribution in [0.1, 0.15) is 178 Å². The minimum atomic E-state index is -0.709. The quantitative estimate of drug-likeness (QED) is 0.105. The van der Waals surface area contributed by atoms with E-state index in [0.29, 0.717) is 50.1 Å². The molecule has 0 aliphatic rings. The molecule has 0 heterocycles. The van der Waals surface area contributed by atoms with E-state index >= 15 is 0 Å². The van der Waals surface area contributed by atoms with Gasteiger partial charge < -0.3 is 0 Å². The molecule has 0 bridgehead atoms. The number of hydrogen-bond acceptors (Lipinski definition) is 0. The van der Waals surface area contributed by atoms with Gasteiger partial charge in [-0.1, -0.05) is 272 Å². The smallest absolute Gasteiger partial charge is 0.145 e. The average Bonchev–Trinajstić information content (AvgIpc) is 0.880. The molecule has 0 saturated heterocycles. The maximum absolute atomic E-state index is 12.6. The van der Waals surface area contributed by atoms with Gasteiger partial charge in [0.15, 0.2) is 0 Å². The molecule has 0 aromatic heterocycles.